The van der Waals surface area contributed by atoms with Crippen molar-refractivity contribution in [1.29, 1.82) is 0 Å². The molecule has 1 unspecified atom stereocenters. The van der Waals surface area contributed by atoms with Crippen molar-refractivity contribution >= 4 is 38.9 Å². The van der Waals surface area contributed by atoms with Crippen LogP contribution in [0.3, 0.4) is 0 Å². The van der Waals surface area contributed by atoms with Gasteiger partial charge in [0.1, 0.15) is 4.88 Å². The summed E-state index contributed by atoms with van der Waals surface area (Å²) >= 11 is 7.94. The molecule has 6 heteroatoms. The number of hydrogen-bond donors (Lipinski definition) is 1. The molecule has 0 aliphatic heterocycles. The van der Waals surface area contributed by atoms with Gasteiger partial charge in [0.05, 0.1) is 25.3 Å². The molecule has 1 amide bonds. The van der Waals surface area contributed by atoms with Crippen molar-refractivity contribution in [2.45, 2.75) is 12.5 Å². The van der Waals surface area contributed by atoms with Gasteiger partial charge in [-0.25, -0.2) is 0 Å². The van der Waals surface area contributed by atoms with Crippen LogP contribution in [-0.4, -0.2) is 20.1 Å². The highest BCUT2D eigenvalue weighted by Crippen LogP contribution is 2.36. The Balaban J connectivity index is 1.68. The third-order valence-corrected chi connectivity index (χ3v) is 6.81. The van der Waals surface area contributed by atoms with E-state index in [4.69, 9.17) is 21.1 Å². The molecule has 0 fully saturated rings. The summed E-state index contributed by atoms with van der Waals surface area (Å²) in [5.41, 5.74) is 2.04. The maximum atomic E-state index is 13.2. The number of fused-ring (bicyclic) bond motifs is 1. The summed E-state index contributed by atoms with van der Waals surface area (Å²) in [7, 11) is 3.20. The molecule has 0 saturated carbocycles. The number of benzene rings is 3. The van der Waals surface area contributed by atoms with Crippen molar-refractivity contribution in [3.8, 4) is 11.5 Å². The Morgan fingerprint density at radius 1 is 0.968 bits per heavy atom. The van der Waals surface area contributed by atoms with Crippen LogP contribution >= 0.6 is 22.9 Å². The van der Waals surface area contributed by atoms with Crippen molar-refractivity contribution in [3.63, 3.8) is 0 Å². The first kappa shape index (κ1) is 21.2. The molecule has 4 aromatic rings. The Morgan fingerprint density at radius 2 is 1.68 bits per heavy atom. The lowest BCUT2D eigenvalue weighted by Crippen LogP contribution is -2.29. The molecular weight excluding hydrogens is 430 g/mol. The zero-order valence-electron chi connectivity index (χ0n) is 17.2. The number of methoxy groups -OCH3 is 2. The third kappa shape index (κ3) is 4.53. The largest absolute Gasteiger partial charge is 0.493 e. The van der Waals surface area contributed by atoms with Crippen molar-refractivity contribution in [2.75, 3.05) is 14.2 Å². The van der Waals surface area contributed by atoms with Crippen LogP contribution in [0.15, 0.2) is 72.8 Å². The van der Waals surface area contributed by atoms with Gasteiger partial charge in [-0.3, -0.25) is 4.79 Å². The summed E-state index contributed by atoms with van der Waals surface area (Å²) in [6, 6.07) is 23.3. The first-order valence-corrected chi connectivity index (χ1v) is 11.0. The van der Waals surface area contributed by atoms with Gasteiger partial charge < -0.3 is 14.8 Å². The molecule has 0 saturated heterocycles. The van der Waals surface area contributed by atoms with Crippen molar-refractivity contribution < 1.29 is 14.3 Å². The Kier molecular flexibility index (Phi) is 6.44. The Bertz CT molecular complexity index is 1210. The molecule has 0 aliphatic rings. The lowest BCUT2D eigenvalue weighted by atomic mass is 9.98. The molecule has 1 aromatic heterocycles. The van der Waals surface area contributed by atoms with Crippen LogP contribution in [0.5, 0.6) is 11.5 Å². The molecule has 0 spiro atoms. The van der Waals surface area contributed by atoms with Crippen LogP contribution in [0.1, 0.15) is 26.8 Å². The van der Waals surface area contributed by atoms with Gasteiger partial charge >= 0.3 is 0 Å². The zero-order chi connectivity index (χ0) is 21.8. The van der Waals surface area contributed by atoms with E-state index in [0.29, 0.717) is 27.8 Å². The average molecular weight is 452 g/mol. The highest BCUT2D eigenvalue weighted by molar-refractivity contribution is 7.21. The van der Waals surface area contributed by atoms with Gasteiger partial charge in [-0.15, -0.1) is 11.3 Å². The molecule has 0 aliphatic carbocycles. The normalized spacial score (nSPS) is 11.8. The average Bonchev–Trinajstić information content (AvgIpc) is 3.15. The quantitative estimate of drug-likeness (QED) is 0.359. The van der Waals surface area contributed by atoms with E-state index in [-0.39, 0.29) is 11.9 Å². The summed E-state index contributed by atoms with van der Waals surface area (Å²) in [6.45, 7) is 0. The predicted octanol–water partition coefficient (Wildman–Crippen LogP) is 6.29. The molecule has 31 heavy (non-hydrogen) atoms. The van der Waals surface area contributed by atoms with Crippen LogP contribution in [-0.2, 0) is 6.42 Å². The molecule has 4 nitrogen and oxygen atoms in total. The van der Waals surface area contributed by atoms with E-state index in [2.05, 4.69) is 5.32 Å². The first-order chi connectivity index (χ1) is 15.1. The number of halogens is 1. The number of carbonyl (C=O) groups is 1. The second-order valence-corrected chi connectivity index (χ2v) is 8.50. The molecule has 0 bridgehead atoms. The highest BCUT2D eigenvalue weighted by Gasteiger charge is 2.22. The van der Waals surface area contributed by atoms with Gasteiger partial charge in [0.15, 0.2) is 11.5 Å². The number of hydrogen-bond acceptors (Lipinski definition) is 4. The van der Waals surface area contributed by atoms with Gasteiger partial charge in [0.25, 0.3) is 5.91 Å². The maximum Gasteiger partial charge on any atom is 0.263 e. The van der Waals surface area contributed by atoms with Crippen LogP contribution < -0.4 is 14.8 Å². The Labute approximate surface area is 190 Å². The summed E-state index contributed by atoms with van der Waals surface area (Å²) < 4.78 is 11.8. The monoisotopic (exact) mass is 451 g/mol. The standard InChI is InChI=1S/C25H22ClNO3S/c1-29-20-13-12-17(15-21(20)30-2)19(14-16-8-4-3-5-9-16)27-25(28)24-23(26)18-10-6-7-11-22(18)31-24/h3-13,15,19H,14H2,1-2H3,(H,27,28). The molecule has 158 valence electrons. The van der Waals surface area contributed by atoms with E-state index in [1.54, 1.807) is 14.2 Å². The molecular formula is C25H22ClNO3S. The Morgan fingerprint density at radius 3 is 2.39 bits per heavy atom. The summed E-state index contributed by atoms with van der Waals surface area (Å²) in [5.74, 6) is 1.07. The fraction of sp³-hybridized carbons (Fsp3) is 0.160. The van der Waals surface area contributed by atoms with Crippen LogP contribution in [0.4, 0.5) is 0 Å². The predicted molar refractivity (Wildman–Crippen MR) is 127 cm³/mol. The van der Waals surface area contributed by atoms with Crippen LogP contribution in [0.2, 0.25) is 5.02 Å². The van der Waals surface area contributed by atoms with Gasteiger partial charge in [-0.05, 0) is 35.7 Å². The van der Waals surface area contributed by atoms with E-state index in [0.717, 1.165) is 21.2 Å². The molecule has 0 radical (unpaired) electrons. The molecule has 1 N–H and O–H groups in total. The van der Waals surface area contributed by atoms with Crippen molar-refractivity contribution in [2.24, 2.45) is 0 Å². The van der Waals surface area contributed by atoms with Gasteiger partial charge in [0.2, 0.25) is 0 Å². The minimum atomic E-state index is -0.268. The van der Waals surface area contributed by atoms with E-state index >= 15 is 0 Å². The first-order valence-electron chi connectivity index (χ1n) is 9.84. The molecule has 1 heterocycles. The smallest absolute Gasteiger partial charge is 0.263 e. The van der Waals surface area contributed by atoms with Gasteiger partial charge in [0, 0.05) is 10.1 Å². The number of nitrogens with one attached hydrogen (secondary N) is 1. The number of ether oxygens (including phenoxy) is 2. The van der Waals surface area contributed by atoms with Crippen molar-refractivity contribution in [1.82, 2.24) is 5.32 Å². The number of amides is 1. The van der Waals surface area contributed by atoms with Crippen LogP contribution in [0, 0.1) is 0 Å². The topological polar surface area (TPSA) is 47.6 Å². The number of rotatable bonds is 7. The van der Waals surface area contributed by atoms with Crippen LogP contribution in [0.25, 0.3) is 10.1 Å². The maximum absolute atomic E-state index is 13.2. The molecule has 4 rings (SSSR count). The summed E-state index contributed by atoms with van der Waals surface area (Å²) in [5, 5.41) is 4.56. The van der Waals surface area contributed by atoms with E-state index in [9.17, 15) is 4.79 Å². The lowest BCUT2D eigenvalue weighted by molar-refractivity contribution is 0.0940. The second kappa shape index (κ2) is 9.41. The minimum Gasteiger partial charge on any atom is -0.493 e. The zero-order valence-corrected chi connectivity index (χ0v) is 18.8. The van der Waals surface area contributed by atoms with Gasteiger partial charge in [-0.1, -0.05) is 66.2 Å². The van der Waals surface area contributed by atoms with Crippen molar-refractivity contribution in [3.05, 3.63) is 93.8 Å². The molecule has 3 aromatic carbocycles. The minimum absolute atomic E-state index is 0.193. The third-order valence-electron chi connectivity index (χ3n) is 5.14. The fourth-order valence-electron chi connectivity index (χ4n) is 3.56. The Hall–Kier alpha value is -3.02. The fourth-order valence-corrected chi connectivity index (χ4v) is 4.98. The summed E-state index contributed by atoms with van der Waals surface area (Å²) in [4.78, 5) is 13.8. The number of carbonyl (C=O) groups excluding carboxylic acids is 1. The lowest BCUT2D eigenvalue weighted by Gasteiger charge is -2.21. The highest BCUT2D eigenvalue weighted by atomic mass is 35.5. The van der Waals surface area contributed by atoms with E-state index < -0.39 is 0 Å². The van der Waals surface area contributed by atoms with E-state index in [1.165, 1.54) is 11.3 Å². The molecule has 1 atom stereocenters. The van der Waals surface area contributed by atoms with E-state index in [1.807, 2.05) is 72.8 Å². The SMILES string of the molecule is COc1ccc(C(Cc2ccccc2)NC(=O)c2sc3ccccc3c2Cl)cc1OC. The van der Waals surface area contributed by atoms with Gasteiger partial charge in [-0.2, -0.15) is 0 Å². The summed E-state index contributed by atoms with van der Waals surface area (Å²) in [6.07, 6.45) is 0.630. The number of thiophene rings is 1. The second-order valence-electron chi connectivity index (χ2n) is 7.07.